The second-order valence-electron chi connectivity index (χ2n) is 14.3. The summed E-state index contributed by atoms with van der Waals surface area (Å²) in [7, 11) is -4.29. The third-order valence-electron chi connectivity index (χ3n) is 10.3. The van der Waals surface area contributed by atoms with Gasteiger partial charge < -0.3 is 15.0 Å². The van der Waals surface area contributed by atoms with Crippen LogP contribution in [0.25, 0.3) is 10.2 Å². The van der Waals surface area contributed by atoms with Crippen molar-refractivity contribution in [3.8, 4) is 0 Å². The first-order chi connectivity index (χ1) is 29.1. The van der Waals surface area contributed by atoms with E-state index in [4.69, 9.17) is 4.74 Å². The zero-order valence-electron chi connectivity index (χ0n) is 32.2. The highest BCUT2D eigenvalue weighted by Crippen LogP contribution is 2.33. The molecule has 5 heterocycles. The number of anilines is 3. The Balaban J connectivity index is 0.934. The molecule has 1 atom stereocenters. The van der Waals surface area contributed by atoms with Crippen LogP contribution in [0.3, 0.4) is 0 Å². The monoisotopic (exact) mass is 884 g/mol. The number of hydrogen-bond acceptors (Lipinski definition) is 16. The van der Waals surface area contributed by atoms with Crippen molar-refractivity contribution in [2.45, 2.75) is 35.2 Å². The van der Waals surface area contributed by atoms with Gasteiger partial charge >= 0.3 is 0 Å². The number of nitrogens with one attached hydrogen (secondary N) is 2. The molecule has 2 aliphatic rings. The maximum absolute atomic E-state index is 13.6. The van der Waals surface area contributed by atoms with E-state index in [-0.39, 0.29) is 28.2 Å². The fraction of sp³-hybridized carbons (Fsp3) is 0.293. The molecule has 8 rings (SSSR count). The number of ether oxygens (including phenoxy) is 1. The number of thioether (sulfide) groups is 1. The second-order valence-corrected chi connectivity index (χ2v) is 19.2. The Labute approximate surface area is 358 Å². The van der Waals surface area contributed by atoms with Crippen LogP contribution in [0, 0.1) is 10.1 Å². The minimum absolute atomic E-state index is 0.0208. The third-order valence-corrected chi connectivity index (χ3v) is 14.9. The zero-order chi connectivity index (χ0) is 41.6. The summed E-state index contributed by atoms with van der Waals surface area (Å²) in [5, 5.41) is 21.1. The first kappa shape index (κ1) is 41.4. The molecular formula is C41H40N8O7S4. The molecule has 0 spiro atoms. The molecule has 0 unspecified atom stereocenters. The van der Waals surface area contributed by atoms with E-state index in [0.717, 1.165) is 51.9 Å². The van der Waals surface area contributed by atoms with Gasteiger partial charge in [0.05, 0.1) is 33.2 Å². The van der Waals surface area contributed by atoms with Crippen LogP contribution in [-0.2, 0) is 27.5 Å². The van der Waals surface area contributed by atoms with Gasteiger partial charge in [0.2, 0.25) is 0 Å². The summed E-state index contributed by atoms with van der Waals surface area (Å²) in [5.74, 6) is -1.31. The summed E-state index contributed by atoms with van der Waals surface area (Å²) < 4.78 is 33.6. The number of rotatable bonds is 16. The van der Waals surface area contributed by atoms with Gasteiger partial charge in [0.15, 0.2) is 25.9 Å². The Morgan fingerprint density at radius 2 is 1.85 bits per heavy atom. The summed E-state index contributed by atoms with van der Waals surface area (Å²) in [6.45, 7) is 4.64. The first-order valence-electron chi connectivity index (χ1n) is 19.2. The van der Waals surface area contributed by atoms with Crippen LogP contribution in [-0.4, -0.2) is 102 Å². The van der Waals surface area contributed by atoms with Gasteiger partial charge in [-0.15, -0.1) is 23.1 Å². The molecular weight excluding hydrogens is 845 g/mol. The molecule has 3 aromatic heterocycles. The van der Waals surface area contributed by atoms with Crippen molar-refractivity contribution < 1.29 is 27.7 Å². The van der Waals surface area contributed by atoms with E-state index in [1.807, 2.05) is 47.4 Å². The molecule has 0 radical (unpaired) electrons. The van der Waals surface area contributed by atoms with Gasteiger partial charge in [-0.1, -0.05) is 41.7 Å². The Bertz CT molecular complexity index is 2600. The number of nitro groups is 1. The number of amides is 1. The molecule has 2 aliphatic heterocycles. The van der Waals surface area contributed by atoms with Gasteiger partial charge in [0.25, 0.3) is 11.6 Å². The molecule has 0 bridgehead atoms. The molecule has 2 N–H and O–H groups in total. The number of ketones is 1. The Morgan fingerprint density at radius 3 is 2.65 bits per heavy atom. The summed E-state index contributed by atoms with van der Waals surface area (Å²) in [6, 6.07) is 20.8. The van der Waals surface area contributed by atoms with E-state index in [0.29, 0.717) is 60.7 Å². The Hall–Kier alpha value is -5.31. The normalized spacial score (nSPS) is 15.0. The second kappa shape index (κ2) is 18.5. The number of morpholine rings is 1. The van der Waals surface area contributed by atoms with Crippen LogP contribution >= 0.6 is 34.4 Å². The summed E-state index contributed by atoms with van der Waals surface area (Å²) in [5.41, 5.74) is 2.88. The predicted molar refractivity (Wildman–Crippen MR) is 235 cm³/mol. The number of nitro benzene ring substituents is 1. The number of fused-ring (bicyclic) bond motifs is 2. The average Bonchev–Trinajstić information content (AvgIpc) is 3.93. The number of carbonyl (C=O) groups excluding carboxylic acids is 2. The van der Waals surface area contributed by atoms with Crippen molar-refractivity contribution in [1.29, 1.82) is 0 Å². The van der Waals surface area contributed by atoms with E-state index < -0.39 is 32.0 Å². The van der Waals surface area contributed by atoms with Crippen molar-refractivity contribution in [2.75, 3.05) is 66.4 Å². The summed E-state index contributed by atoms with van der Waals surface area (Å²) in [6.07, 6.45) is 4.68. The molecule has 0 saturated carbocycles. The molecule has 19 heteroatoms. The molecule has 6 aromatic rings. The minimum atomic E-state index is -4.29. The fourth-order valence-corrected chi connectivity index (χ4v) is 11.0. The number of Topliss-reactive ketones (excluding diaryl/α,β-unsaturated/α-hetero) is 1. The lowest BCUT2D eigenvalue weighted by atomic mass is 9.94. The van der Waals surface area contributed by atoms with E-state index in [1.54, 1.807) is 36.3 Å². The molecule has 310 valence electrons. The number of hydrogen-bond donors (Lipinski definition) is 2. The Morgan fingerprint density at radius 1 is 1.02 bits per heavy atom. The summed E-state index contributed by atoms with van der Waals surface area (Å²) >= 11 is 4.18. The molecule has 1 amide bonds. The average molecular weight is 885 g/mol. The number of nitrogens with zero attached hydrogens (tertiary/aromatic N) is 6. The van der Waals surface area contributed by atoms with Gasteiger partial charge in [-0.05, 0) is 60.4 Å². The predicted octanol–water partition coefficient (Wildman–Crippen LogP) is 6.82. The van der Waals surface area contributed by atoms with Gasteiger partial charge in [0, 0.05) is 78.8 Å². The number of thiazole rings is 2. The minimum Gasteiger partial charge on any atom is -0.379 e. The highest BCUT2D eigenvalue weighted by atomic mass is 32.2. The van der Waals surface area contributed by atoms with Crippen molar-refractivity contribution >= 4 is 87.8 Å². The van der Waals surface area contributed by atoms with Crippen LogP contribution in [0.2, 0.25) is 0 Å². The topological polar surface area (TPSA) is 190 Å². The number of pyridine rings is 1. The van der Waals surface area contributed by atoms with E-state index >= 15 is 0 Å². The quantitative estimate of drug-likeness (QED) is 0.0446. The smallest absolute Gasteiger partial charge is 0.293 e. The number of benzene rings is 3. The molecule has 1 fully saturated rings. The lowest BCUT2D eigenvalue weighted by Crippen LogP contribution is -2.39. The number of aromatic nitrogens is 3. The lowest BCUT2D eigenvalue weighted by molar-refractivity contribution is -0.384. The van der Waals surface area contributed by atoms with Crippen LogP contribution in [0.4, 0.5) is 21.6 Å². The number of sulfone groups is 1. The fourth-order valence-electron chi connectivity index (χ4n) is 7.09. The van der Waals surface area contributed by atoms with Crippen molar-refractivity contribution in [3.63, 3.8) is 0 Å². The first-order valence-corrected chi connectivity index (χ1v) is 23.5. The van der Waals surface area contributed by atoms with E-state index in [2.05, 4.69) is 30.5 Å². The van der Waals surface area contributed by atoms with E-state index in [1.165, 1.54) is 40.2 Å². The SMILES string of the molecule is O=C(CS(=O)(=O)c1ccc(N[C@H](CCN2CCOCC2)CSc2ccccc2)c([N+](=O)[O-])c1)c1csc(N2CCc3cccc(C(=O)Nc4nc5ccncc5s4)c3C2)n1. The zero-order valence-corrected chi connectivity index (χ0v) is 35.5. The van der Waals surface area contributed by atoms with Crippen molar-refractivity contribution in [1.82, 2.24) is 19.9 Å². The van der Waals surface area contributed by atoms with Crippen LogP contribution in [0.5, 0.6) is 0 Å². The van der Waals surface area contributed by atoms with Gasteiger partial charge in [-0.25, -0.2) is 18.4 Å². The highest BCUT2D eigenvalue weighted by molar-refractivity contribution is 7.99. The highest BCUT2D eigenvalue weighted by Gasteiger charge is 2.29. The molecule has 3 aromatic carbocycles. The standard InChI is InChI=1S/C41H40N8O7S4/c50-37(35-25-58-41(45-35)48-16-12-27-5-4-8-31(32(27)23-48)39(51)46-40-44-34-11-14-42-22-38(34)59-40)26-60(54,55)30-9-10-33(36(21-30)49(52)53)43-28(13-15-47-17-19-56-20-18-47)24-57-29-6-2-1-3-7-29/h1-11,14,21-22,25,28,43H,12-13,15-20,23-24,26H2,(H,44,46,51)/t28-/m1/s1. The molecule has 1 saturated heterocycles. The molecule has 15 nitrogen and oxygen atoms in total. The lowest BCUT2D eigenvalue weighted by Gasteiger charge is -2.29. The molecule has 60 heavy (non-hydrogen) atoms. The third kappa shape index (κ3) is 9.83. The van der Waals surface area contributed by atoms with Crippen molar-refractivity contribution in [2.24, 2.45) is 0 Å². The van der Waals surface area contributed by atoms with Crippen LogP contribution in [0.1, 0.15) is 38.4 Å². The van der Waals surface area contributed by atoms with Gasteiger partial charge in [0.1, 0.15) is 17.1 Å². The number of carbonyl (C=O) groups is 2. The van der Waals surface area contributed by atoms with E-state index in [9.17, 15) is 28.1 Å². The van der Waals surface area contributed by atoms with Crippen LogP contribution < -0.4 is 15.5 Å². The summed E-state index contributed by atoms with van der Waals surface area (Å²) in [4.78, 5) is 56.8. The Kier molecular flexibility index (Phi) is 12.8. The van der Waals surface area contributed by atoms with Crippen molar-refractivity contribution in [3.05, 3.63) is 123 Å². The van der Waals surface area contributed by atoms with Gasteiger partial charge in [-0.2, -0.15) is 0 Å². The molecule has 0 aliphatic carbocycles. The largest absolute Gasteiger partial charge is 0.379 e. The maximum atomic E-state index is 13.6. The maximum Gasteiger partial charge on any atom is 0.293 e. The van der Waals surface area contributed by atoms with Crippen LogP contribution in [0.15, 0.2) is 100 Å². The van der Waals surface area contributed by atoms with Gasteiger partial charge in [-0.3, -0.25) is 34.9 Å².